The zero-order valence-corrected chi connectivity index (χ0v) is 21.4. The third kappa shape index (κ3) is 6.33. The summed E-state index contributed by atoms with van der Waals surface area (Å²) in [6.07, 6.45) is 2.33. The van der Waals surface area contributed by atoms with Gasteiger partial charge in [-0.05, 0) is 30.2 Å². The van der Waals surface area contributed by atoms with Crippen LogP contribution in [0.2, 0.25) is 0 Å². The van der Waals surface area contributed by atoms with Gasteiger partial charge < -0.3 is 19.7 Å². The highest BCUT2D eigenvalue weighted by atomic mass is 127. The summed E-state index contributed by atoms with van der Waals surface area (Å²) in [7, 11) is 1.92. The Morgan fingerprint density at radius 3 is 2.52 bits per heavy atom. The molecule has 31 heavy (non-hydrogen) atoms. The molecule has 0 bridgehead atoms. The van der Waals surface area contributed by atoms with Gasteiger partial charge in [-0.25, -0.2) is 0 Å². The highest BCUT2D eigenvalue weighted by Crippen LogP contribution is 2.32. The van der Waals surface area contributed by atoms with Crippen molar-refractivity contribution in [2.75, 3.05) is 66.2 Å². The summed E-state index contributed by atoms with van der Waals surface area (Å²) in [5, 5.41) is 3.73. The Bertz CT molecular complexity index is 677. The number of hydrogen-bond donors (Lipinski definition) is 1. The lowest BCUT2D eigenvalue weighted by atomic mass is 9.82. The molecule has 4 atom stereocenters. The molecule has 0 saturated carbocycles. The van der Waals surface area contributed by atoms with E-state index in [1.54, 1.807) is 0 Å². The number of nitrogens with zero attached hydrogens (tertiary/aromatic N) is 3. The van der Waals surface area contributed by atoms with Crippen molar-refractivity contribution in [3.63, 3.8) is 0 Å². The molecule has 7 heteroatoms. The molecule has 1 aromatic carbocycles. The van der Waals surface area contributed by atoms with E-state index in [0.29, 0.717) is 23.8 Å². The maximum atomic E-state index is 5.72. The van der Waals surface area contributed by atoms with Crippen molar-refractivity contribution >= 4 is 29.9 Å². The van der Waals surface area contributed by atoms with E-state index in [4.69, 9.17) is 9.47 Å². The number of nitrogens with one attached hydrogen (secondary N) is 1. The Morgan fingerprint density at radius 2 is 1.87 bits per heavy atom. The van der Waals surface area contributed by atoms with Gasteiger partial charge in [-0.2, -0.15) is 0 Å². The van der Waals surface area contributed by atoms with Crippen molar-refractivity contribution in [2.45, 2.75) is 31.7 Å². The van der Waals surface area contributed by atoms with Gasteiger partial charge in [-0.3, -0.25) is 9.89 Å². The van der Waals surface area contributed by atoms with Crippen molar-refractivity contribution in [1.82, 2.24) is 15.1 Å². The minimum atomic E-state index is 0. The molecule has 0 aliphatic carbocycles. The number of rotatable bonds is 5. The maximum Gasteiger partial charge on any atom is 0.193 e. The van der Waals surface area contributed by atoms with Gasteiger partial charge >= 0.3 is 0 Å². The zero-order valence-electron chi connectivity index (χ0n) is 19.0. The minimum Gasteiger partial charge on any atom is -0.381 e. The van der Waals surface area contributed by atoms with E-state index in [9.17, 15) is 0 Å². The van der Waals surface area contributed by atoms with Crippen molar-refractivity contribution in [1.29, 1.82) is 0 Å². The second-order valence-corrected chi connectivity index (χ2v) is 9.00. The number of aliphatic imine (C=N–C) groups is 1. The van der Waals surface area contributed by atoms with Crippen LogP contribution in [0.1, 0.15) is 31.2 Å². The first-order valence-electron chi connectivity index (χ1n) is 11.7. The molecule has 3 fully saturated rings. The van der Waals surface area contributed by atoms with Crippen molar-refractivity contribution in [3.8, 4) is 0 Å². The standard InChI is InChI=1S/C24H38N4O2.HI/c1-19-17-28(10-8-22(19)20-6-4-3-5-7-20)24(25-2)26-16-23(21-9-13-30-18-21)27-11-14-29-15-12-27;/h3-7,19,21-23H,8-18H2,1-2H3,(H,25,26);1H. The van der Waals surface area contributed by atoms with Crippen molar-refractivity contribution in [3.05, 3.63) is 35.9 Å². The van der Waals surface area contributed by atoms with Gasteiger partial charge in [0.25, 0.3) is 0 Å². The molecular weight excluding hydrogens is 503 g/mol. The fourth-order valence-corrected chi connectivity index (χ4v) is 5.42. The second kappa shape index (κ2) is 12.4. The van der Waals surface area contributed by atoms with E-state index >= 15 is 0 Å². The Hall–Kier alpha value is -0.900. The third-order valence-corrected chi connectivity index (χ3v) is 7.14. The molecule has 4 rings (SSSR count). The molecule has 0 amide bonds. The summed E-state index contributed by atoms with van der Waals surface area (Å²) in [4.78, 5) is 9.69. The minimum absolute atomic E-state index is 0. The van der Waals surface area contributed by atoms with Crippen LogP contribution in [0.4, 0.5) is 0 Å². The molecule has 1 N–H and O–H groups in total. The van der Waals surface area contributed by atoms with Gasteiger partial charge in [-0.15, -0.1) is 24.0 Å². The third-order valence-electron chi connectivity index (χ3n) is 7.14. The molecule has 3 aliphatic rings. The summed E-state index contributed by atoms with van der Waals surface area (Å²) in [5.41, 5.74) is 1.47. The Labute approximate surface area is 204 Å². The lowest BCUT2D eigenvalue weighted by Crippen LogP contribution is -2.55. The highest BCUT2D eigenvalue weighted by Gasteiger charge is 2.33. The average Bonchev–Trinajstić information content (AvgIpc) is 3.32. The van der Waals surface area contributed by atoms with Crippen LogP contribution in [-0.4, -0.2) is 88.0 Å². The highest BCUT2D eigenvalue weighted by molar-refractivity contribution is 14.0. The van der Waals surface area contributed by atoms with Gasteiger partial charge in [0.15, 0.2) is 5.96 Å². The fraction of sp³-hybridized carbons (Fsp3) is 0.708. The van der Waals surface area contributed by atoms with Crippen LogP contribution >= 0.6 is 24.0 Å². The van der Waals surface area contributed by atoms with Crippen LogP contribution in [0, 0.1) is 11.8 Å². The van der Waals surface area contributed by atoms with Crippen LogP contribution in [0.15, 0.2) is 35.3 Å². The Kier molecular flexibility index (Phi) is 9.87. The maximum absolute atomic E-state index is 5.72. The molecule has 4 unspecified atom stereocenters. The van der Waals surface area contributed by atoms with Crippen LogP contribution in [-0.2, 0) is 9.47 Å². The van der Waals surface area contributed by atoms with E-state index in [-0.39, 0.29) is 24.0 Å². The largest absolute Gasteiger partial charge is 0.381 e. The Balaban J connectivity index is 0.00000272. The number of morpholine rings is 1. The SMILES string of the molecule is CN=C(NCC(C1CCOC1)N1CCOCC1)N1CCC(c2ccccc2)C(C)C1.I. The predicted molar refractivity (Wildman–Crippen MR) is 136 cm³/mol. The van der Waals surface area contributed by atoms with Gasteiger partial charge in [0.2, 0.25) is 0 Å². The lowest BCUT2D eigenvalue weighted by Gasteiger charge is -2.41. The number of halogens is 1. The van der Waals surface area contributed by atoms with E-state index in [0.717, 1.165) is 71.5 Å². The molecule has 3 saturated heterocycles. The number of likely N-dealkylation sites (tertiary alicyclic amines) is 1. The van der Waals surface area contributed by atoms with Gasteiger partial charge in [0, 0.05) is 58.3 Å². The summed E-state index contributed by atoms with van der Waals surface area (Å²) in [6, 6.07) is 11.5. The molecule has 0 spiro atoms. The zero-order chi connectivity index (χ0) is 20.8. The molecule has 1 aromatic rings. The summed E-state index contributed by atoms with van der Waals surface area (Å²) < 4.78 is 11.3. The molecule has 0 aromatic heterocycles. The van der Waals surface area contributed by atoms with E-state index < -0.39 is 0 Å². The normalized spacial score (nSPS) is 28.8. The molecule has 3 aliphatic heterocycles. The monoisotopic (exact) mass is 542 g/mol. The van der Waals surface area contributed by atoms with Crippen LogP contribution in [0.5, 0.6) is 0 Å². The Morgan fingerprint density at radius 1 is 1.10 bits per heavy atom. The quantitative estimate of drug-likeness (QED) is 0.352. The summed E-state index contributed by atoms with van der Waals surface area (Å²) in [6.45, 7) is 10.9. The predicted octanol–water partition coefficient (Wildman–Crippen LogP) is 3.04. The van der Waals surface area contributed by atoms with Crippen molar-refractivity contribution in [2.24, 2.45) is 16.8 Å². The molecule has 6 nitrogen and oxygen atoms in total. The first-order valence-corrected chi connectivity index (χ1v) is 11.7. The fourth-order valence-electron chi connectivity index (χ4n) is 5.42. The first-order chi connectivity index (χ1) is 14.8. The summed E-state index contributed by atoms with van der Waals surface area (Å²) >= 11 is 0. The average molecular weight is 543 g/mol. The van der Waals surface area contributed by atoms with Gasteiger partial charge in [0.05, 0.1) is 19.8 Å². The topological polar surface area (TPSA) is 49.3 Å². The van der Waals surface area contributed by atoms with Gasteiger partial charge in [0.1, 0.15) is 0 Å². The van der Waals surface area contributed by atoms with E-state index in [2.05, 4.69) is 57.4 Å². The number of benzene rings is 1. The van der Waals surface area contributed by atoms with Gasteiger partial charge in [-0.1, -0.05) is 37.3 Å². The molecular formula is C24H39IN4O2. The lowest BCUT2D eigenvalue weighted by molar-refractivity contribution is 0.00229. The molecule has 3 heterocycles. The van der Waals surface area contributed by atoms with E-state index in [1.165, 1.54) is 12.0 Å². The molecule has 0 radical (unpaired) electrons. The second-order valence-electron chi connectivity index (χ2n) is 9.00. The van der Waals surface area contributed by atoms with Crippen LogP contribution in [0.3, 0.4) is 0 Å². The number of ether oxygens (including phenoxy) is 2. The summed E-state index contributed by atoms with van der Waals surface area (Å²) in [5.74, 6) is 2.89. The van der Waals surface area contributed by atoms with Crippen LogP contribution < -0.4 is 5.32 Å². The number of piperidine rings is 1. The van der Waals surface area contributed by atoms with E-state index in [1.807, 2.05) is 7.05 Å². The van der Waals surface area contributed by atoms with Crippen LogP contribution in [0.25, 0.3) is 0 Å². The first kappa shape index (κ1) is 24.7. The number of guanidine groups is 1. The smallest absolute Gasteiger partial charge is 0.193 e. The van der Waals surface area contributed by atoms with Crippen molar-refractivity contribution < 1.29 is 9.47 Å². The molecule has 174 valence electrons. The number of hydrogen-bond acceptors (Lipinski definition) is 4.